The maximum Gasteiger partial charge on any atom is 0.0848 e. The second-order valence-electron chi connectivity index (χ2n) is 6.32. The predicted octanol–water partition coefficient (Wildman–Crippen LogP) is 3.73. The lowest BCUT2D eigenvalue weighted by molar-refractivity contribution is 0.527. The SMILES string of the molecule is CC(C)C(CP(c1ccccc1)c1ccccc1)N=CN(C)C. The van der Waals surface area contributed by atoms with Gasteiger partial charge in [0.05, 0.1) is 12.4 Å². The highest BCUT2D eigenvalue weighted by atomic mass is 31.1. The van der Waals surface area contributed by atoms with Crippen LogP contribution in [0.5, 0.6) is 0 Å². The van der Waals surface area contributed by atoms with Gasteiger partial charge in [-0.1, -0.05) is 74.5 Å². The predicted molar refractivity (Wildman–Crippen MR) is 105 cm³/mol. The second-order valence-corrected chi connectivity index (χ2v) is 8.58. The lowest BCUT2D eigenvalue weighted by Gasteiger charge is -2.25. The summed E-state index contributed by atoms with van der Waals surface area (Å²) in [5.41, 5.74) is 0. The number of hydrogen-bond donors (Lipinski definition) is 0. The van der Waals surface area contributed by atoms with E-state index >= 15 is 0 Å². The first-order chi connectivity index (χ1) is 11.1. The fourth-order valence-electron chi connectivity index (χ4n) is 2.41. The summed E-state index contributed by atoms with van der Waals surface area (Å²) in [7, 11) is 3.67. The zero-order valence-electron chi connectivity index (χ0n) is 14.6. The standard InChI is InChI=1S/C20H27N2P/c1-17(2)20(21-16-22(3)4)15-23(18-11-7-5-8-12-18)19-13-9-6-10-14-19/h5-14,16-17,20H,15H2,1-4H3. The summed E-state index contributed by atoms with van der Waals surface area (Å²) >= 11 is 0. The molecule has 0 spiro atoms. The number of benzene rings is 2. The maximum atomic E-state index is 4.83. The Bertz CT molecular complexity index is 554. The first-order valence-electron chi connectivity index (χ1n) is 8.15. The highest BCUT2D eigenvalue weighted by molar-refractivity contribution is 7.73. The molecule has 0 radical (unpaired) electrons. The quantitative estimate of drug-likeness (QED) is 0.430. The Kier molecular flexibility index (Phi) is 6.80. The zero-order valence-corrected chi connectivity index (χ0v) is 15.4. The third-order valence-corrected chi connectivity index (χ3v) is 6.35. The van der Waals surface area contributed by atoms with Crippen LogP contribution >= 0.6 is 7.92 Å². The Morgan fingerprint density at radius 2 is 1.39 bits per heavy atom. The Balaban J connectivity index is 2.30. The van der Waals surface area contributed by atoms with E-state index in [1.165, 1.54) is 10.6 Å². The van der Waals surface area contributed by atoms with Gasteiger partial charge >= 0.3 is 0 Å². The first kappa shape index (κ1) is 17.7. The van der Waals surface area contributed by atoms with Crippen LogP contribution in [0, 0.1) is 5.92 Å². The number of aliphatic imine (C=N–C) groups is 1. The molecule has 0 saturated carbocycles. The third kappa shape index (κ3) is 5.48. The Morgan fingerprint density at radius 3 is 1.78 bits per heavy atom. The highest BCUT2D eigenvalue weighted by Crippen LogP contribution is 2.36. The minimum atomic E-state index is -0.386. The summed E-state index contributed by atoms with van der Waals surface area (Å²) in [6, 6.07) is 22.1. The van der Waals surface area contributed by atoms with E-state index in [0.29, 0.717) is 12.0 Å². The van der Waals surface area contributed by atoms with Crippen molar-refractivity contribution in [3.8, 4) is 0 Å². The van der Waals surface area contributed by atoms with Gasteiger partial charge in [-0.05, 0) is 30.6 Å². The maximum absolute atomic E-state index is 4.83. The topological polar surface area (TPSA) is 15.6 Å². The van der Waals surface area contributed by atoms with Crippen molar-refractivity contribution in [2.75, 3.05) is 20.3 Å². The van der Waals surface area contributed by atoms with Gasteiger partial charge < -0.3 is 4.90 Å². The van der Waals surface area contributed by atoms with Crippen molar-refractivity contribution in [3.63, 3.8) is 0 Å². The second kappa shape index (κ2) is 8.84. The van der Waals surface area contributed by atoms with Crippen LogP contribution in [0.4, 0.5) is 0 Å². The Morgan fingerprint density at radius 1 is 0.913 bits per heavy atom. The molecule has 0 aliphatic heterocycles. The van der Waals surface area contributed by atoms with Crippen LogP contribution in [0.3, 0.4) is 0 Å². The van der Waals surface area contributed by atoms with Gasteiger partial charge in [0.1, 0.15) is 0 Å². The van der Waals surface area contributed by atoms with Crippen LogP contribution < -0.4 is 10.6 Å². The number of nitrogens with zero attached hydrogens (tertiary/aromatic N) is 2. The molecule has 0 aromatic heterocycles. The summed E-state index contributed by atoms with van der Waals surface area (Å²) < 4.78 is 0. The molecule has 0 bridgehead atoms. The number of rotatable bonds is 7. The van der Waals surface area contributed by atoms with Crippen LogP contribution in [0.25, 0.3) is 0 Å². The van der Waals surface area contributed by atoms with E-state index in [1.54, 1.807) is 0 Å². The lowest BCUT2D eigenvalue weighted by atomic mass is 10.1. The highest BCUT2D eigenvalue weighted by Gasteiger charge is 2.21. The van der Waals surface area contributed by atoms with Crippen LogP contribution in [0.1, 0.15) is 13.8 Å². The van der Waals surface area contributed by atoms with Gasteiger partial charge in [-0.15, -0.1) is 0 Å². The molecule has 2 aromatic carbocycles. The Hall–Kier alpha value is -1.66. The molecule has 0 heterocycles. The van der Waals surface area contributed by atoms with Gasteiger partial charge in [0.25, 0.3) is 0 Å². The van der Waals surface area contributed by atoms with Crippen molar-refractivity contribution in [1.82, 2.24) is 4.90 Å². The molecular formula is C20H27N2P. The average molecular weight is 326 g/mol. The van der Waals surface area contributed by atoms with E-state index in [-0.39, 0.29) is 7.92 Å². The average Bonchev–Trinajstić information content (AvgIpc) is 2.56. The summed E-state index contributed by atoms with van der Waals surface area (Å²) in [6.45, 7) is 4.53. The molecule has 2 rings (SSSR count). The summed E-state index contributed by atoms with van der Waals surface area (Å²) in [5.74, 6) is 0.531. The van der Waals surface area contributed by atoms with E-state index in [1.807, 2.05) is 25.3 Å². The minimum absolute atomic E-state index is 0.337. The molecule has 23 heavy (non-hydrogen) atoms. The van der Waals surface area contributed by atoms with Crippen LogP contribution in [-0.2, 0) is 0 Å². The van der Waals surface area contributed by atoms with Crippen LogP contribution in [-0.4, -0.2) is 37.5 Å². The van der Waals surface area contributed by atoms with Crippen molar-refractivity contribution >= 4 is 24.9 Å². The van der Waals surface area contributed by atoms with Crippen molar-refractivity contribution in [2.45, 2.75) is 19.9 Å². The Labute approximate surface area is 142 Å². The molecular weight excluding hydrogens is 299 g/mol. The van der Waals surface area contributed by atoms with E-state index in [9.17, 15) is 0 Å². The van der Waals surface area contributed by atoms with Gasteiger partial charge in [-0.3, -0.25) is 4.99 Å². The van der Waals surface area contributed by atoms with E-state index in [2.05, 4.69) is 74.5 Å². The normalized spacial score (nSPS) is 13.0. The van der Waals surface area contributed by atoms with Gasteiger partial charge in [-0.25, -0.2) is 0 Å². The lowest BCUT2D eigenvalue weighted by Crippen LogP contribution is -2.25. The van der Waals surface area contributed by atoms with Crippen molar-refractivity contribution in [1.29, 1.82) is 0 Å². The molecule has 0 N–H and O–H groups in total. The molecule has 2 nitrogen and oxygen atoms in total. The van der Waals surface area contributed by atoms with Crippen molar-refractivity contribution in [3.05, 3.63) is 60.7 Å². The van der Waals surface area contributed by atoms with Gasteiger partial charge in [0, 0.05) is 14.1 Å². The molecule has 1 atom stereocenters. The molecule has 3 heteroatoms. The molecule has 1 unspecified atom stereocenters. The van der Waals surface area contributed by atoms with E-state index in [0.717, 1.165) is 6.16 Å². The van der Waals surface area contributed by atoms with Crippen LogP contribution in [0.15, 0.2) is 65.7 Å². The first-order valence-corrected chi connectivity index (χ1v) is 9.68. The molecule has 122 valence electrons. The fraction of sp³-hybridized carbons (Fsp3) is 0.350. The summed E-state index contributed by atoms with van der Waals surface area (Å²) in [4.78, 5) is 6.85. The molecule has 0 amide bonds. The van der Waals surface area contributed by atoms with E-state index in [4.69, 9.17) is 4.99 Å². The molecule has 2 aromatic rings. The van der Waals surface area contributed by atoms with Crippen LogP contribution in [0.2, 0.25) is 0 Å². The van der Waals surface area contributed by atoms with E-state index < -0.39 is 0 Å². The third-order valence-electron chi connectivity index (χ3n) is 3.76. The zero-order chi connectivity index (χ0) is 16.7. The smallest absolute Gasteiger partial charge is 0.0848 e. The summed E-state index contributed by atoms with van der Waals surface area (Å²) in [6.07, 6.45) is 3.04. The summed E-state index contributed by atoms with van der Waals surface area (Å²) in [5, 5.41) is 2.86. The van der Waals surface area contributed by atoms with Crippen molar-refractivity contribution < 1.29 is 0 Å². The minimum Gasteiger partial charge on any atom is -0.369 e. The molecule has 0 saturated heterocycles. The molecule has 0 aliphatic carbocycles. The van der Waals surface area contributed by atoms with Crippen molar-refractivity contribution in [2.24, 2.45) is 10.9 Å². The van der Waals surface area contributed by atoms with Gasteiger partial charge in [0.15, 0.2) is 0 Å². The van der Waals surface area contributed by atoms with Gasteiger partial charge in [-0.2, -0.15) is 0 Å². The van der Waals surface area contributed by atoms with Gasteiger partial charge in [0.2, 0.25) is 0 Å². The fourth-order valence-corrected chi connectivity index (χ4v) is 5.09. The molecule has 0 aliphatic rings. The molecule has 0 fully saturated rings. The number of hydrogen-bond acceptors (Lipinski definition) is 1. The monoisotopic (exact) mass is 326 g/mol. The largest absolute Gasteiger partial charge is 0.369 e.